The second-order valence-electron chi connectivity index (χ2n) is 7.62. The largest absolute Gasteiger partial charge is 0.459 e. The first-order valence-electron chi connectivity index (χ1n) is 10.5. The third-order valence-corrected chi connectivity index (χ3v) is 5.45. The van der Waals surface area contributed by atoms with Crippen molar-refractivity contribution < 1.29 is 14.0 Å². The second kappa shape index (κ2) is 9.44. The Bertz CT molecular complexity index is 1310. The highest BCUT2D eigenvalue weighted by Crippen LogP contribution is 2.15. The summed E-state index contributed by atoms with van der Waals surface area (Å²) in [6, 6.07) is 20.7. The molecule has 168 valence electrons. The van der Waals surface area contributed by atoms with Crippen LogP contribution in [-0.2, 0) is 18.3 Å². The van der Waals surface area contributed by atoms with Gasteiger partial charge < -0.3 is 15.1 Å². The minimum atomic E-state index is -0.922. The van der Waals surface area contributed by atoms with Gasteiger partial charge in [-0.2, -0.15) is 0 Å². The molecule has 4 aromatic rings. The van der Waals surface area contributed by atoms with Gasteiger partial charge in [0, 0.05) is 13.5 Å². The number of carbonyl (C=O) groups excluding carboxylic acids is 2. The minimum absolute atomic E-state index is 0.100. The van der Waals surface area contributed by atoms with Gasteiger partial charge in [0.25, 0.3) is 11.5 Å². The Morgan fingerprint density at radius 1 is 0.970 bits per heavy atom. The zero-order valence-corrected chi connectivity index (χ0v) is 18.3. The van der Waals surface area contributed by atoms with Gasteiger partial charge >= 0.3 is 0 Å². The van der Waals surface area contributed by atoms with Crippen molar-refractivity contribution >= 4 is 17.5 Å². The minimum Gasteiger partial charge on any atom is -0.459 e. The summed E-state index contributed by atoms with van der Waals surface area (Å²) in [5, 5.41) is 5.46. The lowest BCUT2D eigenvalue weighted by molar-refractivity contribution is -0.118. The van der Waals surface area contributed by atoms with E-state index in [1.165, 1.54) is 17.0 Å². The number of rotatable bonds is 7. The molecule has 2 heterocycles. The number of nitrogens with one attached hydrogen (secondary N) is 2. The highest BCUT2D eigenvalue weighted by atomic mass is 16.3. The van der Waals surface area contributed by atoms with Crippen LogP contribution < -0.4 is 16.2 Å². The van der Waals surface area contributed by atoms with Crippen LogP contribution in [0, 0.1) is 6.92 Å². The summed E-state index contributed by atoms with van der Waals surface area (Å²) in [5.41, 5.74) is 1.94. The Morgan fingerprint density at radius 3 is 2.27 bits per heavy atom. The number of amides is 2. The molecule has 0 bridgehead atoms. The second-order valence-corrected chi connectivity index (χ2v) is 7.62. The van der Waals surface area contributed by atoms with E-state index in [0.717, 1.165) is 5.56 Å². The average molecular weight is 444 g/mol. The van der Waals surface area contributed by atoms with Crippen LogP contribution in [0.5, 0.6) is 0 Å². The van der Waals surface area contributed by atoms with Gasteiger partial charge in [-0.05, 0) is 36.8 Å². The van der Waals surface area contributed by atoms with Crippen molar-refractivity contribution in [3.8, 4) is 5.69 Å². The van der Waals surface area contributed by atoms with E-state index in [1.54, 1.807) is 24.7 Å². The van der Waals surface area contributed by atoms with E-state index in [9.17, 15) is 14.4 Å². The SMILES string of the molecule is Cc1c(NC(=O)C(Cc2ccccc2)NC(=O)c2ccco2)c(=O)n(-c2ccccc2)n1C. The molecule has 0 saturated carbocycles. The third kappa shape index (κ3) is 4.64. The van der Waals surface area contributed by atoms with Crippen LogP contribution in [-0.4, -0.2) is 27.2 Å². The van der Waals surface area contributed by atoms with Crippen LogP contribution >= 0.6 is 0 Å². The zero-order chi connectivity index (χ0) is 23.4. The highest BCUT2D eigenvalue weighted by molar-refractivity contribution is 6.00. The lowest BCUT2D eigenvalue weighted by Crippen LogP contribution is -2.45. The monoisotopic (exact) mass is 444 g/mol. The van der Waals surface area contributed by atoms with Crippen molar-refractivity contribution in [1.82, 2.24) is 14.7 Å². The maximum Gasteiger partial charge on any atom is 0.295 e. The average Bonchev–Trinajstić information content (AvgIpc) is 3.44. The molecule has 1 atom stereocenters. The Kier molecular flexibility index (Phi) is 6.26. The predicted molar refractivity (Wildman–Crippen MR) is 124 cm³/mol. The summed E-state index contributed by atoms with van der Waals surface area (Å²) in [6.07, 6.45) is 1.64. The van der Waals surface area contributed by atoms with Gasteiger partial charge in [-0.25, -0.2) is 4.68 Å². The number of hydrogen-bond acceptors (Lipinski definition) is 4. The lowest BCUT2D eigenvalue weighted by atomic mass is 10.0. The molecule has 2 aromatic carbocycles. The molecule has 4 rings (SSSR count). The van der Waals surface area contributed by atoms with Gasteiger partial charge in [-0.3, -0.25) is 19.1 Å². The molecule has 33 heavy (non-hydrogen) atoms. The number of benzene rings is 2. The first-order chi connectivity index (χ1) is 16.0. The molecule has 0 aliphatic carbocycles. The van der Waals surface area contributed by atoms with Crippen LogP contribution in [0.4, 0.5) is 5.69 Å². The normalized spacial score (nSPS) is 11.7. The van der Waals surface area contributed by atoms with Gasteiger partial charge in [0.2, 0.25) is 5.91 Å². The van der Waals surface area contributed by atoms with Crippen LogP contribution in [0.3, 0.4) is 0 Å². The fourth-order valence-electron chi connectivity index (χ4n) is 3.62. The van der Waals surface area contributed by atoms with Crippen molar-refractivity contribution in [3.05, 3.63) is 106 Å². The van der Waals surface area contributed by atoms with Crippen LogP contribution in [0.25, 0.3) is 5.69 Å². The van der Waals surface area contributed by atoms with E-state index in [-0.39, 0.29) is 23.4 Å². The molecule has 0 spiro atoms. The maximum atomic E-state index is 13.3. The maximum absolute atomic E-state index is 13.3. The third-order valence-electron chi connectivity index (χ3n) is 5.45. The summed E-state index contributed by atoms with van der Waals surface area (Å²) in [7, 11) is 1.75. The Balaban J connectivity index is 1.63. The fraction of sp³-hybridized carbons (Fsp3) is 0.160. The molecule has 8 heteroatoms. The van der Waals surface area contributed by atoms with Crippen molar-refractivity contribution in [3.63, 3.8) is 0 Å². The van der Waals surface area contributed by atoms with E-state index in [1.807, 2.05) is 60.7 Å². The Morgan fingerprint density at radius 2 is 1.64 bits per heavy atom. The molecular weight excluding hydrogens is 420 g/mol. The van der Waals surface area contributed by atoms with Crippen LogP contribution in [0.1, 0.15) is 21.8 Å². The van der Waals surface area contributed by atoms with E-state index < -0.39 is 17.9 Å². The standard InChI is InChI=1S/C25H24N4O4/c1-17-22(25(32)29(28(17)2)19-12-7-4-8-13-19)27-23(30)20(16-18-10-5-3-6-11-18)26-24(31)21-14-9-15-33-21/h3-15,20H,16H2,1-2H3,(H,26,31)(H,27,30). The number of anilines is 1. The summed E-state index contributed by atoms with van der Waals surface area (Å²) >= 11 is 0. The molecule has 0 radical (unpaired) electrons. The van der Waals surface area contributed by atoms with E-state index in [2.05, 4.69) is 10.6 Å². The van der Waals surface area contributed by atoms with Gasteiger partial charge in [0.1, 0.15) is 11.7 Å². The molecular formula is C25H24N4O4. The molecule has 0 aliphatic heterocycles. The number of aromatic nitrogens is 2. The van der Waals surface area contributed by atoms with Crippen molar-refractivity contribution in [2.45, 2.75) is 19.4 Å². The molecule has 2 N–H and O–H groups in total. The predicted octanol–water partition coefficient (Wildman–Crippen LogP) is 3.06. The zero-order valence-electron chi connectivity index (χ0n) is 18.3. The van der Waals surface area contributed by atoms with Gasteiger partial charge in [0.15, 0.2) is 5.76 Å². The van der Waals surface area contributed by atoms with E-state index in [0.29, 0.717) is 11.4 Å². The smallest absolute Gasteiger partial charge is 0.295 e. The fourth-order valence-corrected chi connectivity index (χ4v) is 3.62. The van der Waals surface area contributed by atoms with Crippen molar-refractivity contribution in [2.75, 3.05) is 5.32 Å². The highest BCUT2D eigenvalue weighted by Gasteiger charge is 2.26. The number of nitrogens with zero attached hydrogens (tertiary/aromatic N) is 2. The molecule has 0 fully saturated rings. The molecule has 8 nitrogen and oxygen atoms in total. The Labute approximate surface area is 190 Å². The number of para-hydroxylation sites is 1. The number of furan rings is 1. The molecule has 2 aromatic heterocycles. The summed E-state index contributed by atoms with van der Waals surface area (Å²) in [5.74, 6) is -0.907. The first-order valence-corrected chi connectivity index (χ1v) is 10.5. The topological polar surface area (TPSA) is 98.3 Å². The van der Waals surface area contributed by atoms with E-state index >= 15 is 0 Å². The molecule has 0 aliphatic rings. The first kappa shape index (κ1) is 21.9. The van der Waals surface area contributed by atoms with Crippen molar-refractivity contribution in [2.24, 2.45) is 7.05 Å². The summed E-state index contributed by atoms with van der Waals surface area (Å²) < 4.78 is 8.32. The number of hydrogen-bond donors (Lipinski definition) is 2. The van der Waals surface area contributed by atoms with Gasteiger partial charge in [-0.15, -0.1) is 0 Å². The Hall–Kier alpha value is -4.33. The lowest BCUT2D eigenvalue weighted by Gasteiger charge is -2.18. The molecule has 0 saturated heterocycles. The molecule has 1 unspecified atom stereocenters. The summed E-state index contributed by atoms with van der Waals surface area (Å²) in [4.78, 5) is 39.0. The quantitative estimate of drug-likeness (QED) is 0.458. The molecule has 2 amide bonds. The van der Waals surface area contributed by atoms with Gasteiger partial charge in [0.05, 0.1) is 17.6 Å². The van der Waals surface area contributed by atoms with Crippen molar-refractivity contribution in [1.29, 1.82) is 0 Å². The van der Waals surface area contributed by atoms with Crippen LogP contribution in [0.15, 0.2) is 88.3 Å². The van der Waals surface area contributed by atoms with Gasteiger partial charge in [-0.1, -0.05) is 48.5 Å². The summed E-state index contributed by atoms with van der Waals surface area (Å²) in [6.45, 7) is 1.75. The van der Waals surface area contributed by atoms with Crippen LogP contribution in [0.2, 0.25) is 0 Å². The number of carbonyl (C=O) groups is 2. The van der Waals surface area contributed by atoms with E-state index in [4.69, 9.17) is 4.42 Å².